The number of rotatable bonds is 0. The Balaban J connectivity index is 0.000000810. The zero-order chi connectivity index (χ0) is 6.91. The molecule has 1 fully saturated rings. The fourth-order valence-corrected chi connectivity index (χ4v) is 1.36. The van der Waals surface area contributed by atoms with E-state index < -0.39 is 14.1 Å². The minimum Gasteiger partial charge on any atom is -0.756 e. The Labute approximate surface area is 70.7 Å². The fourth-order valence-electron chi connectivity index (χ4n) is 0.530. The quantitative estimate of drug-likeness (QED) is 0.289. The molecule has 0 aromatic heterocycles. The van der Waals surface area contributed by atoms with E-state index in [0.29, 0.717) is 6.42 Å². The van der Waals surface area contributed by atoms with Crippen molar-refractivity contribution in [1.29, 1.82) is 0 Å². The van der Waals surface area contributed by atoms with E-state index in [9.17, 15) is 9.46 Å². The molecule has 2 N–H and O–H groups in total. The molecule has 1 saturated heterocycles. The summed E-state index contributed by atoms with van der Waals surface area (Å²) in [6.45, 7) is 0.127. The first kappa shape index (κ1) is 10.7. The first-order chi connectivity index (χ1) is 4.10. The largest absolute Gasteiger partial charge is 1.00 e. The van der Waals surface area contributed by atoms with E-state index in [2.05, 4.69) is 9.05 Å². The van der Waals surface area contributed by atoms with Gasteiger partial charge in [0.2, 0.25) is 0 Å². The maximum Gasteiger partial charge on any atom is 1.00 e. The number of nitrogens with two attached hydrogens (primary N) is 1. The number of hydrogen-bond donors (Lipinski definition) is 1. The molecule has 2 atom stereocenters. The molecule has 0 aliphatic carbocycles. The van der Waals surface area contributed by atoms with Crippen LogP contribution in [0.25, 0.3) is 0 Å². The van der Waals surface area contributed by atoms with Crippen molar-refractivity contribution < 1.29 is 37.4 Å². The van der Waals surface area contributed by atoms with E-state index in [-0.39, 0.29) is 25.5 Å². The maximum absolute atomic E-state index is 10.4. The van der Waals surface area contributed by atoms with Gasteiger partial charge in [0.25, 0.3) is 7.82 Å². The molecule has 0 radical (unpaired) electrons. The Bertz CT molecular complexity index is 153. The monoisotopic (exact) mass is 159 g/mol. The Kier molecular flexibility index (Phi) is 4.15. The van der Waals surface area contributed by atoms with Crippen LogP contribution in [0, 0.1) is 0 Å². The van der Waals surface area contributed by atoms with Crippen LogP contribution < -0.4 is 29.5 Å². The molecule has 0 bridgehead atoms. The molecule has 0 amide bonds. The van der Waals surface area contributed by atoms with Crippen molar-refractivity contribution in [3.05, 3.63) is 0 Å². The summed E-state index contributed by atoms with van der Waals surface area (Å²) in [5, 5.41) is 0. The Morgan fingerprint density at radius 3 is 2.60 bits per heavy atom. The molecule has 0 aromatic carbocycles. The molecular formula is C3H7LiNO4P. The van der Waals surface area contributed by atoms with E-state index in [1.807, 2.05) is 0 Å². The minimum atomic E-state index is -4.02. The molecule has 0 aromatic rings. The first-order valence-electron chi connectivity index (χ1n) is 2.50. The van der Waals surface area contributed by atoms with Crippen LogP contribution in [-0.4, -0.2) is 12.8 Å². The smallest absolute Gasteiger partial charge is 0.756 e. The van der Waals surface area contributed by atoms with Crippen molar-refractivity contribution in [2.24, 2.45) is 5.73 Å². The predicted molar refractivity (Wildman–Crippen MR) is 27.2 cm³/mol. The van der Waals surface area contributed by atoms with Crippen LogP contribution in [0.2, 0.25) is 0 Å². The van der Waals surface area contributed by atoms with Crippen LogP contribution >= 0.6 is 7.82 Å². The van der Waals surface area contributed by atoms with Crippen molar-refractivity contribution in [3.8, 4) is 0 Å². The summed E-state index contributed by atoms with van der Waals surface area (Å²) >= 11 is 0. The van der Waals surface area contributed by atoms with Gasteiger partial charge >= 0.3 is 18.9 Å². The number of phosphoric acid groups is 1. The second kappa shape index (κ2) is 3.89. The number of hydrogen-bond acceptors (Lipinski definition) is 5. The third-order valence-electron chi connectivity index (χ3n) is 0.916. The van der Waals surface area contributed by atoms with Gasteiger partial charge in [-0.05, 0) is 0 Å². The van der Waals surface area contributed by atoms with E-state index in [1.54, 1.807) is 0 Å². The minimum absolute atomic E-state index is 0. The summed E-state index contributed by atoms with van der Waals surface area (Å²) in [5.41, 5.74) is 5.14. The molecule has 54 valence electrons. The average Bonchev–Trinajstić information content (AvgIpc) is 1.60. The zero-order valence-electron chi connectivity index (χ0n) is 5.65. The average molecular weight is 159 g/mol. The second-order valence-electron chi connectivity index (χ2n) is 1.71. The van der Waals surface area contributed by atoms with E-state index >= 15 is 0 Å². The molecule has 0 spiro atoms. The molecule has 1 aliphatic rings. The third-order valence-corrected chi connectivity index (χ3v) is 1.94. The molecule has 2 unspecified atom stereocenters. The van der Waals surface area contributed by atoms with E-state index in [4.69, 9.17) is 5.73 Å². The molecular weight excluding hydrogens is 152 g/mol. The van der Waals surface area contributed by atoms with Crippen molar-refractivity contribution in [3.63, 3.8) is 0 Å². The normalized spacial score (nSPS) is 40.4. The van der Waals surface area contributed by atoms with Gasteiger partial charge < -0.3 is 15.2 Å². The van der Waals surface area contributed by atoms with Gasteiger partial charge in [-0.1, -0.05) is 0 Å². The van der Waals surface area contributed by atoms with Crippen LogP contribution in [0.5, 0.6) is 0 Å². The Morgan fingerprint density at radius 1 is 1.70 bits per heavy atom. The van der Waals surface area contributed by atoms with Gasteiger partial charge in [-0.2, -0.15) is 0 Å². The predicted octanol–water partition coefficient (Wildman–Crippen LogP) is -3.82. The maximum atomic E-state index is 10.4. The summed E-state index contributed by atoms with van der Waals surface area (Å²) in [6.07, 6.45) is -0.297. The second-order valence-corrected chi connectivity index (χ2v) is 3.08. The van der Waals surface area contributed by atoms with Gasteiger partial charge in [-0.25, -0.2) is 0 Å². The van der Waals surface area contributed by atoms with Crippen LogP contribution in [0.4, 0.5) is 0 Å². The van der Waals surface area contributed by atoms with E-state index in [1.165, 1.54) is 0 Å². The van der Waals surface area contributed by atoms with Gasteiger partial charge in [-0.15, -0.1) is 0 Å². The van der Waals surface area contributed by atoms with Crippen molar-refractivity contribution >= 4 is 7.82 Å². The van der Waals surface area contributed by atoms with Crippen molar-refractivity contribution in [2.45, 2.75) is 12.6 Å². The third kappa shape index (κ3) is 3.18. The molecule has 10 heavy (non-hydrogen) atoms. The molecule has 5 nitrogen and oxygen atoms in total. The Morgan fingerprint density at radius 2 is 2.30 bits per heavy atom. The van der Waals surface area contributed by atoms with Crippen molar-refractivity contribution in [1.82, 2.24) is 0 Å². The topological polar surface area (TPSA) is 84.6 Å². The summed E-state index contributed by atoms with van der Waals surface area (Å²) in [5.74, 6) is 0. The summed E-state index contributed by atoms with van der Waals surface area (Å²) in [4.78, 5) is 10.4. The first-order valence-corrected chi connectivity index (χ1v) is 3.96. The summed E-state index contributed by atoms with van der Waals surface area (Å²) < 4.78 is 18.8. The fraction of sp³-hybridized carbons (Fsp3) is 1.00. The zero-order valence-corrected chi connectivity index (χ0v) is 6.54. The molecule has 7 heteroatoms. The number of phosphoric ester groups is 1. The Hall–Kier alpha value is 0.667. The molecule has 1 aliphatic heterocycles. The van der Waals surface area contributed by atoms with Crippen molar-refractivity contribution in [2.75, 3.05) is 6.61 Å². The SMILES string of the molecule is NC1CCOP(=O)([O-])O1.[Li+]. The molecule has 0 saturated carbocycles. The van der Waals surface area contributed by atoms with Gasteiger partial charge in [0, 0.05) is 6.42 Å². The van der Waals surface area contributed by atoms with E-state index in [0.717, 1.165) is 0 Å². The van der Waals surface area contributed by atoms with Crippen LogP contribution in [0.3, 0.4) is 0 Å². The summed E-state index contributed by atoms with van der Waals surface area (Å²) in [6, 6.07) is 0. The standard InChI is InChI=1S/C3H8NO4P.Li/c4-3-1-2-7-9(5,6)8-3;/h3H,1-2,4H2,(H,5,6);/q;+1/p-1. The molecule has 1 heterocycles. The van der Waals surface area contributed by atoms with Crippen LogP contribution in [-0.2, 0) is 13.6 Å². The molecule has 1 rings (SSSR count). The van der Waals surface area contributed by atoms with Gasteiger partial charge in [0.05, 0.1) is 6.61 Å². The van der Waals surface area contributed by atoms with Gasteiger partial charge in [0.15, 0.2) is 0 Å². The van der Waals surface area contributed by atoms with Gasteiger partial charge in [-0.3, -0.25) is 9.09 Å². The van der Waals surface area contributed by atoms with Gasteiger partial charge in [0.1, 0.15) is 6.23 Å². The van der Waals surface area contributed by atoms with Crippen LogP contribution in [0.1, 0.15) is 6.42 Å². The summed E-state index contributed by atoms with van der Waals surface area (Å²) in [7, 11) is -4.02. The van der Waals surface area contributed by atoms with Crippen LogP contribution in [0.15, 0.2) is 0 Å².